The molecule has 0 fully saturated rings. The van der Waals surface area contributed by atoms with Crippen molar-refractivity contribution in [3.05, 3.63) is 51.7 Å². The summed E-state index contributed by atoms with van der Waals surface area (Å²) < 4.78 is 5.73. The van der Waals surface area contributed by atoms with Crippen LogP contribution in [0.25, 0.3) is 0 Å². The maximum Gasteiger partial charge on any atom is 0.191 e. The van der Waals surface area contributed by atoms with Gasteiger partial charge in [-0.25, -0.2) is 0 Å². The van der Waals surface area contributed by atoms with Gasteiger partial charge in [0.05, 0.1) is 12.6 Å². The van der Waals surface area contributed by atoms with Crippen LogP contribution in [-0.4, -0.2) is 19.1 Å². The van der Waals surface area contributed by atoms with E-state index in [4.69, 9.17) is 4.74 Å². The van der Waals surface area contributed by atoms with Gasteiger partial charge >= 0.3 is 0 Å². The second-order valence-electron chi connectivity index (χ2n) is 5.62. The third-order valence-corrected chi connectivity index (χ3v) is 4.36. The zero-order chi connectivity index (χ0) is 16.7. The molecule has 0 aliphatic heterocycles. The minimum Gasteiger partial charge on any atom is -0.491 e. The van der Waals surface area contributed by atoms with Gasteiger partial charge in [-0.2, -0.15) is 0 Å². The summed E-state index contributed by atoms with van der Waals surface area (Å²) in [5, 5.41) is 8.80. The number of guanidine groups is 1. The fourth-order valence-corrected chi connectivity index (χ4v) is 3.00. The third kappa shape index (κ3) is 5.60. The van der Waals surface area contributed by atoms with Crippen LogP contribution in [0.3, 0.4) is 0 Å². The fourth-order valence-electron chi connectivity index (χ4n) is 2.16. The average Bonchev–Trinajstić information content (AvgIpc) is 2.92. The van der Waals surface area contributed by atoms with Crippen LogP contribution in [0.15, 0.2) is 40.7 Å². The first-order chi connectivity index (χ1) is 11.1. The van der Waals surface area contributed by atoms with Crippen LogP contribution in [-0.2, 0) is 13.1 Å². The number of thiophene rings is 1. The number of benzene rings is 1. The summed E-state index contributed by atoms with van der Waals surface area (Å²) in [5.41, 5.74) is 2.48. The first kappa shape index (κ1) is 17.3. The molecule has 0 unspecified atom stereocenters. The number of hydrogen-bond acceptors (Lipinski definition) is 3. The van der Waals surface area contributed by atoms with Crippen LogP contribution < -0.4 is 15.4 Å². The highest BCUT2D eigenvalue weighted by Crippen LogP contribution is 2.15. The van der Waals surface area contributed by atoms with E-state index in [0.717, 1.165) is 18.3 Å². The molecule has 1 aromatic carbocycles. The normalized spacial score (nSPS) is 11.6. The highest BCUT2D eigenvalue weighted by Gasteiger charge is 2.03. The molecule has 4 nitrogen and oxygen atoms in total. The Morgan fingerprint density at radius 3 is 2.65 bits per heavy atom. The standard InChI is InChI=1S/C18H25N3OS/c1-13(2)22-16-7-5-6-15(10-16)11-20-18(19-4)21-12-17-14(3)8-9-23-17/h5-10,13H,11-12H2,1-4H3,(H2,19,20,21). The topological polar surface area (TPSA) is 45.7 Å². The van der Waals surface area contributed by atoms with E-state index in [1.54, 1.807) is 18.4 Å². The number of nitrogens with zero attached hydrogens (tertiary/aromatic N) is 1. The Morgan fingerprint density at radius 1 is 1.22 bits per heavy atom. The maximum absolute atomic E-state index is 5.73. The van der Waals surface area contributed by atoms with Crippen LogP contribution in [0, 0.1) is 6.92 Å². The summed E-state index contributed by atoms with van der Waals surface area (Å²) in [7, 11) is 1.79. The monoisotopic (exact) mass is 331 g/mol. The molecule has 0 saturated heterocycles. The first-order valence-corrected chi connectivity index (χ1v) is 8.69. The molecule has 5 heteroatoms. The van der Waals surface area contributed by atoms with E-state index in [9.17, 15) is 0 Å². The largest absolute Gasteiger partial charge is 0.491 e. The minimum absolute atomic E-state index is 0.182. The summed E-state index contributed by atoms with van der Waals surface area (Å²) in [6.45, 7) is 7.69. The highest BCUT2D eigenvalue weighted by atomic mass is 32.1. The lowest BCUT2D eigenvalue weighted by Crippen LogP contribution is -2.36. The zero-order valence-corrected chi connectivity index (χ0v) is 15.0. The van der Waals surface area contributed by atoms with Crippen LogP contribution in [0.2, 0.25) is 0 Å². The molecule has 0 radical (unpaired) electrons. The van der Waals surface area contributed by atoms with E-state index in [0.29, 0.717) is 6.54 Å². The molecular formula is C18H25N3OS. The molecule has 0 atom stereocenters. The summed E-state index contributed by atoms with van der Waals surface area (Å²) >= 11 is 1.76. The van der Waals surface area contributed by atoms with E-state index in [1.807, 2.05) is 26.0 Å². The van der Waals surface area contributed by atoms with Gasteiger partial charge in [-0.15, -0.1) is 11.3 Å². The summed E-state index contributed by atoms with van der Waals surface area (Å²) in [5.74, 6) is 1.70. The van der Waals surface area contributed by atoms with Crippen molar-refractivity contribution in [2.75, 3.05) is 7.05 Å². The average molecular weight is 331 g/mol. The van der Waals surface area contributed by atoms with Crippen molar-refractivity contribution in [1.82, 2.24) is 10.6 Å². The predicted octanol–water partition coefficient (Wildman–Crippen LogP) is 3.71. The van der Waals surface area contributed by atoms with Gasteiger partial charge < -0.3 is 15.4 Å². The Bertz CT molecular complexity index is 649. The van der Waals surface area contributed by atoms with E-state index in [-0.39, 0.29) is 6.10 Å². The molecule has 1 aromatic heterocycles. The van der Waals surface area contributed by atoms with Crippen LogP contribution in [0.1, 0.15) is 29.9 Å². The predicted molar refractivity (Wildman–Crippen MR) is 98.3 cm³/mol. The lowest BCUT2D eigenvalue weighted by molar-refractivity contribution is 0.242. The van der Waals surface area contributed by atoms with E-state index < -0.39 is 0 Å². The van der Waals surface area contributed by atoms with Crippen molar-refractivity contribution in [3.63, 3.8) is 0 Å². The van der Waals surface area contributed by atoms with Crippen LogP contribution >= 0.6 is 11.3 Å². The second kappa shape index (κ2) is 8.58. The molecule has 1 heterocycles. The van der Waals surface area contributed by atoms with Crippen molar-refractivity contribution in [2.45, 2.75) is 40.0 Å². The molecule has 0 spiro atoms. The summed E-state index contributed by atoms with van der Waals surface area (Å²) in [6.07, 6.45) is 0.182. The number of ether oxygens (including phenoxy) is 1. The number of aryl methyl sites for hydroxylation is 1. The van der Waals surface area contributed by atoms with Crippen molar-refractivity contribution in [1.29, 1.82) is 0 Å². The summed E-state index contributed by atoms with van der Waals surface area (Å²) in [6, 6.07) is 10.3. The molecule has 124 valence electrons. The Morgan fingerprint density at radius 2 is 2.00 bits per heavy atom. The van der Waals surface area contributed by atoms with Gasteiger partial charge in [-0.3, -0.25) is 4.99 Å². The zero-order valence-electron chi connectivity index (χ0n) is 14.2. The lowest BCUT2D eigenvalue weighted by Gasteiger charge is -2.13. The molecule has 0 amide bonds. The summed E-state index contributed by atoms with van der Waals surface area (Å²) in [4.78, 5) is 5.60. The van der Waals surface area contributed by atoms with Crippen molar-refractivity contribution in [2.24, 2.45) is 4.99 Å². The third-order valence-electron chi connectivity index (χ3n) is 3.34. The van der Waals surface area contributed by atoms with Crippen LogP contribution in [0.4, 0.5) is 0 Å². The van der Waals surface area contributed by atoms with Crippen molar-refractivity contribution in [3.8, 4) is 5.75 Å². The molecule has 0 bridgehead atoms. The molecular weight excluding hydrogens is 306 g/mol. The van der Waals surface area contributed by atoms with Gasteiger partial charge in [0.15, 0.2) is 5.96 Å². The molecule has 0 aliphatic rings. The van der Waals surface area contributed by atoms with E-state index >= 15 is 0 Å². The number of hydrogen-bond donors (Lipinski definition) is 2. The minimum atomic E-state index is 0.182. The molecule has 2 N–H and O–H groups in total. The number of nitrogens with one attached hydrogen (secondary N) is 2. The molecule has 2 aromatic rings. The van der Waals surface area contributed by atoms with E-state index in [1.165, 1.54) is 16.0 Å². The molecule has 0 aliphatic carbocycles. The molecule has 2 rings (SSSR count). The van der Waals surface area contributed by atoms with Crippen molar-refractivity contribution >= 4 is 17.3 Å². The lowest BCUT2D eigenvalue weighted by atomic mass is 10.2. The van der Waals surface area contributed by atoms with E-state index in [2.05, 4.69) is 46.1 Å². The van der Waals surface area contributed by atoms with Crippen molar-refractivity contribution < 1.29 is 4.74 Å². The smallest absolute Gasteiger partial charge is 0.191 e. The Balaban J connectivity index is 1.87. The second-order valence-corrected chi connectivity index (χ2v) is 6.62. The van der Waals surface area contributed by atoms with Gasteiger partial charge in [-0.1, -0.05) is 12.1 Å². The van der Waals surface area contributed by atoms with Gasteiger partial charge in [0.1, 0.15) is 5.75 Å². The number of rotatable bonds is 6. The highest BCUT2D eigenvalue weighted by molar-refractivity contribution is 7.10. The Kier molecular flexibility index (Phi) is 6.47. The Hall–Kier alpha value is -2.01. The van der Waals surface area contributed by atoms with Gasteiger partial charge in [-0.05, 0) is 55.5 Å². The quantitative estimate of drug-likeness (QED) is 0.626. The van der Waals surface area contributed by atoms with Gasteiger partial charge in [0, 0.05) is 18.5 Å². The SMILES string of the molecule is CN=C(NCc1cccc(OC(C)C)c1)NCc1sccc1C. The van der Waals surface area contributed by atoms with Gasteiger partial charge in [0.2, 0.25) is 0 Å². The first-order valence-electron chi connectivity index (χ1n) is 7.81. The molecule has 23 heavy (non-hydrogen) atoms. The Labute approximate surface area is 142 Å². The number of aliphatic imine (C=N–C) groups is 1. The molecule has 0 saturated carbocycles. The maximum atomic E-state index is 5.73. The van der Waals surface area contributed by atoms with Gasteiger partial charge in [0.25, 0.3) is 0 Å². The van der Waals surface area contributed by atoms with Crippen LogP contribution in [0.5, 0.6) is 5.75 Å². The fraction of sp³-hybridized carbons (Fsp3) is 0.389.